The molecule has 0 bridgehead atoms. The number of aromatic hydroxyl groups is 1. The molecule has 0 spiro atoms. The molecular formula is C38H34BrN3O8. The summed E-state index contributed by atoms with van der Waals surface area (Å²) < 4.78 is 6.86. The fourth-order valence-electron chi connectivity index (χ4n) is 6.88. The third-order valence-electron chi connectivity index (χ3n) is 9.20. The summed E-state index contributed by atoms with van der Waals surface area (Å²) in [5, 5.41) is 44.8. The summed E-state index contributed by atoms with van der Waals surface area (Å²) in [6, 6.07) is 24.9. The summed E-state index contributed by atoms with van der Waals surface area (Å²) in [6.45, 7) is -0.525. The lowest BCUT2D eigenvalue weighted by Crippen LogP contribution is -2.40. The first-order valence-electron chi connectivity index (χ1n) is 16.1. The van der Waals surface area contributed by atoms with Gasteiger partial charge in [-0.2, -0.15) is 0 Å². The second-order valence-corrected chi connectivity index (χ2v) is 13.1. The molecule has 11 nitrogen and oxygen atoms in total. The van der Waals surface area contributed by atoms with Crippen molar-refractivity contribution in [2.45, 2.75) is 25.4 Å². The lowest BCUT2D eigenvalue weighted by Gasteiger charge is -2.36. The summed E-state index contributed by atoms with van der Waals surface area (Å²) >= 11 is 3.45. The van der Waals surface area contributed by atoms with Crippen molar-refractivity contribution in [3.8, 4) is 11.5 Å². The molecule has 1 aliphatic heterocycles. The fourth-order valence-corrected chi connectivity index (χ4v) is 7.26. The van der Waals surface area contributed by atoms with E-state index >= 15 is 0 Å². The Balaban J connectivity index is 1.35. The van der Waals surface area contributed by atoms with Crippen LogP contribution < -0.4 is 9.64 Å². The predicted molar refractivity (Wildman–Crippen MR) is 190 cm³/mol. The number of rotatable bonds is 12. The van der Waals surface area contributed by atoms with Gasteiger partial charge in [0.1, 0.15) is 18.1 Å². The number of para-hydroxylation sites is 1. The molecule has 50 heavy (non-hydrogen) atoms. The molecule has 4 atom stereocenters. The Hall–Kier alpha value is -5.17. The number of fused-ring (bicyclic) bond motifs is 1. The van der Waals surface area contributed by atoms with Crippen molar-refractivity contribution < 1.29 is 34.6 Å². The molecule has 256 valence electrons. The van der Waals surface area contributed by atoms with E-state index in [0.29, 0.717) is 34.6 Å². The van der Waals surface area contributed by atoms with Crippen LogP contribution in [0, 0.1) is 27.9 Å². The Morgan fingerprint density at radius 2 is 1.82 bits per heavy atom. The number of allylic oxidation sites excluding steroid dienone is 1. The number of pyridine rings is 1. The van der Waals surface area contributed by atoms with Gasteiger partial charge < -0.3 is 20.1 Å². The van der Waals surface area contributed by atoms with Crippen LogP contribution >= 0.6 is 15.9 Å². The first-order valence-corrected chi connectivity index (χ1v) is 16.9. The number of aromatic nitrogens is 1. The molecule has 0 saturated carbocycles. The number of phenols is 1. The van der Waals surface area contributed by atoms with E-state index in [-0.39, 0.29) is 36.6 Å². The summed E-state index contributed by atoms with van der Waals surface area (Å²) in [4.78, 5) is 44.2. The first kappa shape index (κ1) is 34.7. The molecule has 2 heterocycles. The van der Waals surface area contributed by atoms with Crippen LogP contribution in [0.15, 0.2) is 113 Å². The van der Waals surface area contributed by atoms with E-state index in [1.54, 1.807) is 48.7 Å². The van der Waals surface area contributed by atoms with Crippen LogP contribution in [0.4, 0.5) is 11.4 Å². The van der Waals surface area contributed by atoms with Crippen LogP contribution in [0.2, 0.25) is 0 Å². The molecule has 2 aliphatic rings. The molecule has 2 amide bonds. The fraction of sp³-hybridized carbons (Fsp3) is 0.237. The van der Waals surface area contributed by atoms with Gasteiger partial charge in [0, 0.05) is 34.3 Å². The minimum atomic E-state index is -1.15. The van der Waals surface area contributed by atoms with Crippen molar-refractivity contribution >= 4 is 50.8 Å². The van der Waals surface area contributed by atoms with E-state index < -0.39 is 47.2 Å². The molecule has 1 fully saturated rings. The van der Waals surface area contributed by atoms with Gasteiger partial charge in [-0.3, -0.25) is 24.7 Å². The number of carbonyl (C=O) groups excluding carboxylic acids is 2. The monoisotopic (exact) mass is 739 g/mol. The number of aliphatic hydroxyl groups is 2. The zero-order valence-corrected chi connectivity index (χ0v) is 28.3. The van der Waals surface area contributed by atoms with Crippen LogP contribution in [0.1, 0.15) is 30.5 Å². The first-order chi connectivity index (χ1) is 24.2. The molecule has 1 aliphatic carbocycles. The number of ether oxygens (including phenoxy) is 1. The number of carbonyl (C=O) groups is 2. The molecular weight excluding hydrogens is 706 g/mol. The Bertz CT molecular complexity index is 1970. The number of phenolic OH excluding ortho intramolecular Hbond substituents is 1. The predicted octanol–water partition coefficient (Wildman–Crippen LogP) is 6.33. The van der Waals surface area contributed by atoms with Crippen molar-refractivity contribution in [2.24, 2.45) is 17.8 Å². The number of imide groups is 1. The average Bonchev–Trinajstić information content (AvgIpc) is 3.38. The molecule has 0 unspecified atom stereocenters. The minimum absolute atomic E-state index is 0.00323. The zero-order chi connectivity index (χ0) is 35.4. The number of nitro benzene ring substituents is 1. The van der Waals surface area contributed by atoms with Crippen LogP contribution in [0.25, 0.3) is 11.6 Å². The van der Waals surface area contributed by atoms with E-state index in [4.69, 9.17) is 4.74 Å². The summed E-state index contributed by atoms with van der Waals surface area (Å²) in [6.07, 6.45) is 2.86. The normalized spacial score (nSPS) is 19.8. The molecule has 1 saturated heterocycles. The lowest BCUT2D eigenvalue weighted by atomic mass is 9.68. The van der Waals surface area contributed by atoms with Crippen molar-refractivity contribution in [3.63, 3.8) is 0 Å². The highest BCUT2D eigenvalue weighted by atomic mass is 79.9. The maximum atomic E-state index is 14.0. The molecule has 0 radical (unpaired) electrons. The number of halogens is 1. The average molecular weight is 741 g/mol. The second kappa shape index (κ2) is 15.2. The number of hydrogen-bond donors (Lipinski definition) is 3. The third-order valence-corrected chi connectivity index (χ3v) is 9.69. The van der Waals surface area contributed by atoms with Crippen molar-refractivity contribution in [3.05, 3.63) is 134 Å². The number of hydrogen-bond acceptors (Lipinski definition) is 9. The molecule has 3 aromatic carbocycles. The molecule has 4 aromatic rings. The molecule has 6 rings (SSSR count). The number of nitrogens with zero attached hydrogens (tertiary/aromatic N) is 3. The van der Waals surface area contributed by atoms with Gasteiger partial charge in [-0.05, 0) is 90.6 Å². The van der Waals surface area contributed by atoms with E-state index in [9.17, 15) is 35.0 Å². The number of aliphatic hydroxyl groups excluding tert-OH is 2. The van der Waals surface area contributed by atoms with E-state index in [1.807, 2.05) is 30.3 Å². The van der Waals surface area contributed by atoms with Crippen LogP contribution in [0.3, 0.4) is 0 Å². The highest BCUT2D eigenvalue weighted by Crippen LogP contribution is 2.48. The summed E-state index contributed by atoms with van der Waals surface area (Å²) in [5.74, 6) is -3.27. The minimum Gasteiger partial charge on any atom is -0.507 e. The van der Waals surface area contributed by atoms with Gasteiger partial charge in [0.05, 0.1) is 40.9 Å². The molecule has 3 N–H and O–H groups in total. The van der Waals surface area contributed by atoms with Crippen LogP contribution in [0.5, 0.6) is 11.5 Å². The van der Waals surface area contributed by atoms with Gasteiger partial charge in [-0.15, -0.1) is 0 Å². The van der Waals surface area contributed by atoms with Gasteiger partial charge in [-0.1, -0.05) is 46.3 Å². The number of benzene rings is 3. The maximum absolute atomic E-state index is 14.0. The topological polar surface area (TPSA) is 163 Å². The van der Waals surface area contributed by atoms with Gasteiger partial charge in [0.25, 0.3) is 5.69 Å². The van der Waals surface area contributed by atoms with E-state index in [1.165, 1.54) is 24.3 Å². The highest BCUT2D eigenvalue weighted by Gasteiger charge is 2.55. The van der Waals surface area contributed by atoms with Crippen molar-refractivity contribution in [1.29, 1.82) is 0 Å². The summed E-state index contributed by atoms with van der Waals surface area (Å²) in [7, 11) is 0. The number of anilines is 1. The van der Waals surface area contributed by atoms with Crippen LogP contribution in [-0.2, 0) is 9.59 Å². The van der Waals surface area contributed by atoms with E-state index in [0.717, 1.165) is 14.9 Å². The van der Waals surface area contributed by atoms with E-state index in [2.05, 4.69) is 20.9 Å². The summed E-state index contributed by atoms with van der Waals surface area (Å²) in [5.41, 5.74) is 2.76. The van der Waals surface area contributed by atoms with Crippen molar-refractivity contribution in [2.75, 3.05) is 18.1 Å². The SMILES string of the molecule is O=C1[C@@H]2[C@@H](CC(COc3ccccc3)=C([C@H](O)CC/C(=C/c3cc(Br)ccc3O)c3ccccn3)[C@@H]2CO)C(=O)N1c1cccc([N+](=O)[O-])c1. The van der Waals surface area contributed by atoms with Crippen LogP contribution in [-0.4, -0.2) is 56.4 Å². The van der Waals surface area contributed by atoms with Gasteiger partial charge >= 0.3 is 0 Å². The number of nitro groups is 1. The maximum Gasteiger partial charge on any atom is 0.271 e. The Kier molecular flexibility index (Phi) is 10.5. The van der Waals surface area contributed by atoms with Crippen molar-refractivity contribution in [1.82, 2.24) is 4.98 Å². The third kappa shape index (κ3) is 7.23. The largest absolute Gasteiger partial charge is 0.507 e. The smallest absolute Gasteiger partial charge is 0.271 e. The number of non-ortho nitro benzene ring substituents is 1. The molecule has 1 aromatic heterocycles. The van der Waals surface area contributed by atoms with Gasteiger partial charge in [0.2, 0.25) is 11.8 Å². The Morgan fingerprint density at radius 1 is 1.04 bits per heavy atom. The molecule has 12 heteroatoms. The second-order valence-electron chi connectivity index (χ2n) is 12.2. The van der Waals surface area contributed by atoms with Gasteiger partial charge in [-0.25, -0.2) is 4.90 Å². The quantitative estimate of drug-likeness (QED) is 0.0652. The zero-order valence-electron chi connectivity index (χ0n) is 26.8. The standard InChI is InChI=1S/C38H34BrN3O8/c39-26-13-15-33(44)24(18-26)17-23(32-11-4-5-16-40-32)12-14-34(45)35-25(22-50-29-9-2-1-3-10-29)19-30-36(31(35)21-43)38(47)41(37(30)46)27-7-6-8-28(20-27)42(48)49/h1-11,13,15-18,20,30-31,34,36,43-45H,12,14,19,21-22H2/b23-17-/t30-,31+,34-,36-/m1/s1. The highest BCUT2D eigenvalue weighted by molar-refractivity contribution is 9.10. The Labute approximate surface area is 296 Å². The van der Waals surface area contributed by atoms with Gasteiger partial charge in [0.15, 0.2) is 0 Å². The Morgan fingerprint density at radius 3 is 2.54 bits per heavy atom. The number of amides is 2. The lowest BCUT2D eigenvalue weighted by molar-refractivity contribution is -0.384.